The fourth-order valence-electron chi connectivity index (χ4n) is 1.65. The van der Waals surface area contributed by atoms with E-state index in [2.05, 4.69) is 4.72 Å². The summed E-state index contributed by atoms with van der Waals surface area (Å²) >= 11 is 5.50. The largest absolute Gasteiger partial charge is 0.212 e. The van der Waals surface area contributed by atoms with Gasteiger partial charge in [-0.3, -0.25) is 0 Å². The van der Waals surface area contributed by atoms with Crippen molar-refractivity contribution in [2.24, 2.45) is 5.92 Å². The molecule has 1 rings (SSSR count). The highest BCUT2D eigenvalue weighted by Gasteiger charge is 2.25. The first-order valence-corrected chi connectivity index (χ1v) is 7.78. The first-order chi connectivity index (χ1) is 7.03. The first kappa shape index (κ1) is 13.3. The van der Waals surface area contributed by atoms with E-state index in [1.165, 1.54) is 12.8 Å². The summed E-state index contributed by atoms with van der Waals surface area (Å²) < 4.78 is 25.8. The summed E-state index contributed by atoms with van der Waals surface area (Å²) in [5.41, 5.74) is 0. The van der Waals surface area contributed by atoms with Gasteiger partial charge < -0.3 is 0 Å². The Labute approximate surface area is 97.6 Å². The number of unbranched alkanes of at least 4 members (excludes halogenated alkanes) is 1. The minimum atomic E-state index is -3.08. The number of hydrogen-bond donors (Lipinski definition) is 1. The van der Waals surface area contributed by atoms with Crippen molar-refractivity contribution in [2.45, 2.75) is 45.1 Å². The highest BCUT2D eigenvalue weighted by atomic mass is 35.5. The van der Waals surface area contributed by atoms with Crippen molar-refractivity contribution in [3.63, 3.8) is 0 Å². The Morgan fingerprint density at radius 1 is 1.40 bits per heavy atom. The SMILES string of the molecule is CC(CC1CC1)NS(=O)(=O)CCCCCl. The molecule has 1 unspecified atom stereocenters. The molecule has 1 saturated carbocycles. The third-order valence-electron chi connectivity index (χ3n) is 2.56. The van der Waals surface area contributed by atoms with Crippen LogP contribution in [-0.2, 0) is 10.0 Å². The molecule has 0 aromatic heterocycles. The summed E-state index contributed by atoms with van der Waals surface area (Å²) in [6, 6.07) is 0.0819. The normalized spacial score (nSPS) is 19.1. The number of alkyl halides is 1. The molecule has 1 N–H and O–H groups in total. The Hall–Kier alpha value is 0.200. The highest BCUT2D eigenvalue weighted by Crippen LogP contribution is 2.33. The Morgan fingerprint density at radius 3 is 2.60 bits per heavy atom. The van der Waals surface area contributed by atoms with Gasteiger partial charge in [-0.15, -0.1) is 11.6 Å². The molecule has 0 aromatic rings. The molecule has 0 aromatic carbocycles. The molecule has 15 heavy (non-hydrogen) atoms. The molecule has 90 valence electrons. The minimum Gasteiger partial charge on any atom is -0.212 e. The number of halogens is 1. The summed E-state index contributed by atoms with van der Waals surface area (Å²) in [7, 11) is -3.08. The van der Waals surface area contributed by atoms with Crippen molar-refractivity contribution < 1.29 is 8.42 Å². The number of nitrogens with one attached hydrogen (secondary N) is 1. The van der Waals surface area contributed by atoms with Crippen LogP contribution >= 0.6 is 11.6 Å². The van der Waals surface area contributed by atoms with Gasteiger partial charge in [0.05, 0.1) is 5.75 Å². The van der Waals surface area contributed by atoms with Crippen molar-refractivity contribution in [3.05, 3.63) is 0 Å². The van der Waals surface area contributed by atoms with Gasteiger partial charge in [0.2, 0.25) is 10.0 Å². The Kier molecular flexibility index (Phi) is 5.36. The fourth-order valence-corrected chi connectivity index (χ4v) is 3.25. The van der Waals surface area contributed by atoms with E-state index in [0.29, 0.717) is 12.3 Å². The van der Waals surface area contributed by atoms with Gasteiger partial charge in [-0.1, -0.05) is 12.8 Å². The van der Waals surface area contributed by atoms with Crippen molar-refractivity contribution in [1.82, 2.24) is 4.72 Å². The van der Waals surface area contributed by atoms with E-state index in [-0.39, 0.29) is 11.8 Å². The maximum atomic E-state index is 11.6. The van der Waals surface area contributed by atoms with Crippen LogP contribution in [0.5, 0.6) is 0 Å². The van der Waals surface area contributed by atoms with Crippen molar-refractivity contribution in [1.29, 1.82) is 0 Å². The topological polar surface area (TPSA) is 46.2 Å². The summed E-state index contributed by atoms with van der Waals surface area (Å²) in [4.78, 5) is 0. The second-order valence-electron chi connectivity index (χ2n) is 4.41. The Balaban J connectivity index is 2.20. The van der Waals surface area contributed by atoms with Crippen LogP contribution in [0.4, 0.5) is 0 Å². The van der Waals surface area contributed by atoms with Crippen LogP contribution < -0.4 is 4.72 Å². The number of rotatable bonds is 8. The van der Waals surface area contributed by atoms with Crippen LogP contribution in [0.1, 0.15) is 39.0 Å². The van der Waals surface area contributed by atoms with Crippen molar-refractivity contribution in [2.75, 3.05) is 11.6 Å². The van der Waals surface area contributed by atoms with Gasteiger partial charge in [-0.25, -0.2) is 13.1 Å². The van der Waals surface area contributed by atoms with E-state index in [1.807, 2.05) is 6.92 Å². The molecular formula is C10H20ClNO2S. The monoisotopic (exact) mass is 253 g/mol. The lowest BCUT2D eigenvalue weighted by Crippen LogP contribution is -2.34. The average molecular weight is 254 g/mol. The van der Waals surface area contributed by atoms with Gasteiger partial charge in [0.15, 0.2) is 0 Å². The van der Waals surface area contributed by atoms with E-state index in [4.69, 9.17) is 11.6 Å². The minimum absolute atomic E-state index is 0.0819. The molecule has 0 spiro atoms. The molecule has 0 aliphatic heterocycles. The van der Waals surface area contributed by atoms with Crippen molar-refractivity contribution in [3.8, 4) is 0 Å². The second-order valence-corrected chi connectivity index (χ2v) is 6.66. The predicted molar refractivity (Wildman–Crippen MR) is 63.7 cm³/mol. The average Bonchev–Trinajstić information content (AvgIpc) is 2.87. The number of sulfonamides is 1. The Bertz CT molecular complexity index is 275. The van der Waals surface area contributed by atoms with E-state index in [9.17, 15) is 8.42 Å². The van der Waals surface area contributed by atoms with E-state index >= 15 is 0 Å². The molecular weight excluding hydrogens is 234 g/mol. The molecule has 0 bridgehead atoms. The van der Waals surface area contributed by atoms with Gasteiger partial charge >= 0.3 is 0 Å². The standard InChI is InChI=1S/C10H20ClNO2S/c1-9(8-10-4-5-10)12-15(13,14)7-3-2-6-11/h9-10,12H,2-8H2,1H3. The van der Waals surface area contributed by atoms with Crippen LogP contribution in [0, 0.1) is 5.92 Å². The van der Waals surface area contributed by atoms with E-state index < -0.39 is 10.0 Å². The molecule has 1 atom stereocenters. The van der Waals surface area contributed by atoms with Crippen LogP contribution in [0.2, 0.25) is 0 Å². The third kappa shape index (κ3) is 6.38. The lowest BCUT2D eigenvalue weighted by atomic mass is 10.2. The molecule has 3 nitrogen and oxygen atoms in total. The van der Waals surface area contributed by atoms with Crippen LogP contribution in [0.3, 0.4) is 0 Å². The third-order valence-corrected chi connectivity index (χ3v) is 4.42. The molecule has 0 radical (unpaired) electrons. The smallest absolute Gasteiger partial charge is 0.211 e. The fraction of sp³-hybridized carbons (Fsp3) is 1.00. The lowest BCUT2D eigenvalue weighted by molar-refractivity contribution is 0.528. The zero-order chi connectivity index (χ0) is 11.3. The molecule has 0 saturated heterocycles. The second kappa shape index (κ2) is 6.06. The van der Waals surface area contributed by atoms with Crippen LogP contribution in [0.15, 0.2) is 0 Å². The van der Waals surface area contributed by atoms with Crippen LogP contribution in [0.25, 0.3) is 0 Å². The van der Waals surface area contributed by atoms with E-state index in [0.717, 1.165) is 18.8 Å². The van der Waals surface area contributed by atoms with E-state index in [1.54, 1.807) is 0 Å². The first-order valence-electron chi connectivity index (χ1n) is 5.59. The highest BCUT2D eigenvalue weighted by molar-refractivity contribution is 7.89. The number of hydrogen-bond acceptors (Lipinski definition) is 2. The van der Waals surface area contributed by atoms with Crippen LogP contribution in [-0.4, -0.2) is 26.1 Å². The predicted octanol–water partition coefficient (Wildman–Crippen LogP) is 2.11. The van der Waals surface area contributed by atoms with Gasteiger partial charge in [-0.2, -0.15) is 0 Å². The zero-order valence-electron chi connectivity index (χ0n) is 9.21. The summed E-state index contributed by atoms with van der Waals surface area (Å²) in [5, 5.41) is 0. The lowest BCUT2D eigenvalue weighted by Gasteiger charge is -2.13. The Morgan fingerprint density at radius 2 is 2.07 bits per heavy atom. The molecule has 0 heterocycles. The summed E-state index contributed by atoms with van der Waals surface area (Å²) in [6.45, 7) is 1.94. The van der Waals surface area contributed by atoms with Crippen molar-refractivity contribution >= 4 is 21.6 Å². The quantitative estimate of drug-likeness (QED) is 0.532. The van der Waals surface area contributed by atoms with Gasteiger partial charge in [0.1, 0.15) is 0 Å². The van der Waals surface area contributed by atoms with Gasteiger partial charge in [0, 0.05) is 11.9 Å². The zero-order valence-corrected chi connectivity index (χ0v) is 10.8. The molecule has 1 fully saturated rings. The summed E-state index contributed by atoms with van der Waals surface area (Å²) in [6.07, 6.45) is 4.92. The molecule has 1 aliphatic rings. The maximum Gasteiger partial charge on any atom is 0.211 e. The summed E-state index contributed by atoms with van der Waals surface area (Å²) in [5.74, 6) is 1.49. The molecule has 0 amide bonds. The molecule has 5 heteroatoms. The maximum absolute atomic E-state index is 11.6. The van der Waals surface area contributed by atoms with Gasteiger partial charge in [0.25, 0.3) is 0 Å². The molecule has 1 aliphatic carbocycles. The van der Waals surface area contributed by atoms with Gasteiger partial charge in [-0.05, 0) is 32.1 Å².